The fourth-order valence-corrected chi connectivity index (χ4v) is 4.63. The SMILES string of the molecule is COc1c(C)c2c(c(NC(=O)Nc3ccccc3)c1CC=C(C)CCC(=O)Oc1ccccc1C(F)(F)F)C(=O)OC2. The molecule has 0 radical (unpaired) electrons. The number of rotatable bonds is 9. The summed E-state index contributed by atoms with van der Waals surface area (Å²) in [5.41, 5.74) is 2.57. The molecule has 2 N–H and O–H groups in total. The zero-order valence-corrected chi connectivity index (χ0v) is 23.2. The molecule has 1 aliphatic heterocycles. The summed E-state index contributed by atoms with van der Waals surface area (Å²) in [4.78, 5) is 38.0. The largest absolute Gasteiger partial charge is 0.496 e. The molecule has 0 unspecified atom stereocenters. The van der Waals surface area contributed by atoms with E-state index in [1.165, 1.54) is 19.2 Å². The first-order chi connectivity index (χ1) is 20.0. The van der Waals surface area contributed by atoms with Gasteiger partial charge in [0.25, 0.3) is 0 Å². The van der Waals surface area contributed by atoms with Crippen LogP contribution in [0.25, 0.3) is 0 Å². The second-order valence-electron chi connectivity index (χ2n) is 9.61. The van der Waals surface area contributed by atoms with Crippen LogP contribution in [0.4, 0.5) is 29.3 Å². The van der Waals surface area contributed by atoms with Crippen LogP contribution < -0.4 is 20.1 Å². The van der Waals surface area contributed by atoms with Crippen molar-refractivity contribution in [2.45, 2.75) is 45.9 Å². The third-order valence-corrected chi connectivity index (χ3v) is 6.74. The molecule has 220 valence electrons. The van der Waals surface area contributed by atoms with Gasteiger partial charge in [-0.05, 0) is 56.5 Å². The normalized spacial score (nSPS) is 12.8. The van der Waals surface area contributed by atoms with Gasteiger partial charge in [-0.15, -0.1) is 0 Å². The molecule has 0 aromatic heterocycles. The first-order valence-corrected chi connectivity index (χ1v) is 13.0. The molecule has 0 fully saturated rings. The minimum Gasteiger partial charge on any atom is -0.496 e. The summed E-state index contributed by atoms with van der Waals surface area (Å²) in [7, 11) is 1.48. The second-order valence-corrected chi connectivity index (χ2v) is 9.61. The lowest BCUT2D eigenvalue weighted by molar-refractivity contribution is -0.142. The number of benzene rings is 3. The topological polar surface area (TPSA) is 103 Å². The van der Waals surface area contributed by atoms with Crippen molar-refractivity contribution in [3.8, 4) is 11.5 Å². The van der Waals surface area contributed by atoms with Crippen LogP contribution in [0.1, 0.15) is 52.4 Å². The third-order valence-electron chi connectivity index (χ3n) is 6.74. The molecule has 0 atom stereocenters. The van der Waals surface area contributed by atoms with Gasteiger partial charge in [0.15, 0.2) is 0 Å². The highest BCUT2D eigenvalue weighted by Crippen LogP contribution is 2.41. The molecule has 0 saturated carbocycles. The summed E-state index contributed by atoms with van der Waals surface area (Å²) in [6.45, 7) is 3.59. The number of para-hydroxylation sites is 2. The molecule has 0 saturated heterocycles. The number of nitrogens with one attached hydrogen (secondary N) is 2. The third kappa shape index (κ3) is 6.91. The van der Waals surface area contributed by atoms with Crippen LogP contribution >= 0.6 is 0 Å². The molecule has 2 amide bonds. The van der Waals surface area contributed by atoms with Gasteiger partial charge in [0.2, 0.25) is 0 Å². The van der Waals surface area contributed by atoms with E-state index in [1.54, 1.807) is 44.2 Å². The van der Waals surface area contributed by atoms with Gasteiger partial charge in [0.1, 0.15) is 18.1 Å². The minimum atomic E-state index is -4.66. The van der Waals surface area contributed by atoms with Crippen LogP contribution in [0.15, 0.2) is 66.2 Å². The maximum Gasteiger partial charge on any atom is 0.419 e. The number of esters is 2. The van der Waals surface area contributed by atoms with Crippen LogP contribution in [0.3, 0.4) is 0 Å². The Bertz CT molecular complexity index is 1530. The summed E-state index contributed by atoms with van der Waals surface area (Å²) >= 11 is 0. The summed E-state index contributed by atoms with van der Waals surface area (Å²) in [5, 5.41) is 5.51. The molecule has 3 aromatic carbocycles. The van der Waals surface area contributed by atoms with Gasteiger partial charge in [-0.25, -0.2) is 9.59 Å². The number of carbonyl (C=O) groups excluding carboxylic acids is 3. The Morgan fingerprint density at radius 3 is 2.40 bits per heavy atom. The predicted octanol–water partition coefficient (Wildman–Crippen LogP) is 7.21. The van der Waals surface area contributed by atoms with Crippen molar-refractivity contribution in [3.05, 3.63) is 94.1 Å². The number of urea groups is 1. The Morgan fingerprint density at radius 1 is 1.02 bits per heavy atom. The zero-order chi connectivity index (χ0) is 30.4. The van der Waals surface area contributed by atoms with Crippen molar-refractivity contribution in [2.24, 2.45) is 0 Å². The van der Waals surface area contributed by atoms with Crippen LogP contribution in [-0.4, -0.2) is 25.1 Å². The number of halogens is 3. The number of methoxy groups -OCH3 is 1. The quantitative estimate of drug-likeness (QED) is 0.157. The molecule has 0 bridgehead atoms. The molecule has 1 aliphatic rings. The lowest BCUT2D eigenvalue weighted by Gasteiger charge is -2.20. The Balaban J connectivity index is 1.54. The number of anilines is 2. The highest BCUT2D eigenvalue weighted by Gasteiger charge is 2.35. The first-order valence-electron chi connectivity index (χ1n) is 13.0. The first kappa shape index (κ1) is 30.2. The lowest BCUT2D eigenvalue weighted by Crippen LogP contribution is -2.22. The molecule has 8 nitrogen and oxygen atoms in total. The molecule has 42 heavy (non-hydrogen) atoms. The molecule has 1 heterocycles. The Labute approximate surface area is 240 Å². The molecule has 11 heteroatoms. The molecular weight excluding hydrogens is 553 g/mol. The fraction of sp³-hybridized carbons (Fsp3) is 0.258. The molecule has 0 spiro atoms. The number of ether oxygens (including phenoxy) is 3. The highest BCUT2D eigenvalue weighted by molar-refractivity contribution is 6.08. The fourth-order valence-electron chi connectivity index (χ4n) is 4.63. The smallest absolute Gasteiger partial charge is 0.419 e. The van der Waals surface area contributed by atoms with Gasteiger partial charge in [0.05, 0.1) is 23.9 Å². The van der Waals surface area contributed by atoms with Gasteiger partial charge in [-0.3, -0.25) is 4.79 Å². The molecular formula is C31H29F3N2O6. The van der Waals surface area contributed by atoms with Gasteiger partial charge < -0.3 is 24.8 Å². The molecule has 3 aromatic rings. The average Bonchev–Trinajstić information content (AvgIpc) is 3.34. The van der Waals surface area contributed by atoms with E-state index >= 15 is 0 Å². The summed E-state index contributed by atoms with van der Waals surface area (Å²) in [5.74, 6) is -1.47. The van der Waals surface area contributed by atoms with E-state index in [-0.39, 0.29) is 37.1 Å². The van der Waals surface area contributed by atoms with E-state index in [2.05, 4.69) is 10.6 Å². The van der Waals surface area contributed by atoms with E-state index < -0.39 is 35.5 Å². The maximum atomic E-state index is 13.2. The number of fused-ring (bicyclic) bond motifs is 1. The predicted molar refractivity (Wildman–Crippen MR) is 150 cm³/mol. The standard InChI is InChI=1S/C31H29F3N2O6/c1-18(14-16-25(37)42-24-12-8-7-11-23(24)31(32,33)34)13-15-21-27(36-30(39)35-20-9-5-4-6-10-20)26-22(17-41-29(26)38)19(2)28(21)40-3/h4-13H,14-17H2,1-3H3,(H2,35,36,39). The Morgan fingerprint density at radius 2 is 1.71 bits per heavy atom. The van der Waals surface area contributed by atoms with Crippen molar-refractivity contribution < 1.29 is 41.8 Å². The number of allylic oxidation sites excluding steroid dienone is 2. The van der Waals surface area contributed by atoms with E-state index in [0.29, 0.717) is 28.1 Å². The van der Waals surface area contributed by atoms with Crippen LogP contribution in [0, 0.1) is 6.92 Å². The van der Waals surface area contributed by atoms with Gasteiger partial charge in [0, 0.05) is 23.2 Å². The van der Waals surface area contributed by atoms with Crippen molar-refractivity contribution in [1.29, 1.82) is 0 Å². The van der Waals surface area contributed by atoms with E-state index in [9.17, 15) is 27.6 Å². The van der Waals surface area contributed by atoms with E-state index in [1.807, 2.05) is 6.07 Å². The minimum absolute atomic E-state index is 0.0417. The highest BCUT2D eigenvalue weighted by atomic mass is 19.4. The molecule has 0 aliphatic carbocycles. The second kappa shape index (κ2) is 12.8. The summed E-state index contributed by atoms with van der Waals surface area (Å²) in [6, 6.07) is 12.7. The number of amides is 2. The van der Waals surface area contributed by atoms with Crippen LogP contribution in [-0.2, 0) is 28.7 Å². The van der Waals surface area contributed by atoms with Gasteiger partial charge in [-0.2, -0.15) is 13.2 Å². The van der Waals surface area contributed by atoms with Crippen LogP contribution in [0.2, 0.25) is 0 Å². The van der Waals surface area contributed by atoms with E-state index in [0.717, 1.165) is 17.7 Å². The Kier molecular flexibility index (Phi) is 9.19. The van der Waals surface area contributed by atoms with Gasteiger partial charge >= 0.3 is 24.1 Å². The van der Waals surface area contributed by atoms with Crippen molar-refractivity contribution in [1.82, 2.24) is 0 Å². The number of hydrogen-bond acceptors (Lipinski definition) is 6. The molecule has 4 rings (SSSR count). The van der Waals surface area contributed by atoms with Gasteiger partial charge in [-0.1, -0.05) is 42.0 Å². The van der Waals surface area contributed by atoms with E-state index in [4.69, 9.17) is 14.2 Å². The maximum absolute atomic E-state index is 13.2. The van der Waals surface area contributed by atoms with Crippen molar-refractivity contribution in [3.63, 3.8) is 0 Å². The number of cyclic esters (lactones) is 1. The average molecular weight is 583 g/mol. The number of alkyl halides is 3. The Hall–Kier alpha value is -4.80. The number of carbonyl (C=O) groups is 3. The van der Waals surface area contributed by atoms with Crippen molar-refractivity contribution in [2.75, 3.05) is 17.7 Å². The van der Waals surface area contributed by atoms with Crippen molar-refractivity contribution >= 4 is 29.3 Å². The number of hydrogen-bond donors (Lipinski definition) is 2. The van der Waals surface area contributed by atoms with Crippen LogP contribution in [0.5, 0.6) is 11.5 Å². The zero-order valence-electron chi connectivity index (χ0n) is 23.2. The monoisotopic (exact) mass is 582 g/mol. The summed E-state index contributed by atoms with van der Waals surface area (Å²) in [6.07, 6.45) is -2.61. The lowest BCUT2D eigenvalue weighted by atomic mass is 9.93. The summed E-state index contributed by atoms with van der Waals surface area (Å²) < 4.78 is 55.6.